The first-order chi connectivity index (χ1) is 9.12. The number of nitrogens with one attached hydrogen (secondary N) is 2. The molecule has 21 heavy (non-hydrogen) atoms. The van der Waals surface area contributed by atoms with Crippen molar-refractivity contribution in [2.45, 2.75) is 13.8 Å². The Morgan fingerprint density at radius 3 is 1.62 bits per heavy atom. The lowest BCUT2D eigenvalue weighted by molar-refractivity contribution is -0.121. The van der Waals surface area contributed by atoms with Crippen LogP contribution in [0, 0.1) is 0 Å². The number of rotatable bonds is 5. The predicted octanol–water partition coefficient (Wildman–Crippen LogP) is 2.99. The molecule has 0 spiro atoms. The van der Waals surface area contributed by atoms with Crippen LogP contribution in [0.4, 0.5) is 0 Å². The third-order valence-electron chi connectivity index (χ3n) is 2.24. The number of alkyl halides is 6. The molecule has 2 N–H and O–H groups in total. The number of nitrogens with zero attached hydrogens (tertiary/aromatic N) is 2. The molecule has 0 saturated heterocycles. The van der Waals surface area contributed by atoms with Gasteiger partial charge in [-0.15, -0.1) is 0 Å². The van der Waals surface area contributed by atoms with Crippen LogP contribution in [0.3, 0.4) is 0 Å². The molecular weight excluding hydrogens is 428 g/mol. The van der Waals surface area contributed by atoms with Gasteiger partial charge in [-0.2, -0.15) is 0 Å². The Bertz CT molecular complexity index is 410. The van der Waals surface area contributed by atoms with E-state index in [0.717, 1.165) is 0 Å². The van der Waals surface area contributed by atoms with Crippen molar-refractivity contribution in [1.29, 1.82) is 0 Å². The average Bonchev–Trinajstić information content (AvgIpc) is 2.24. The van der Waals surface area contributed by atoms with Gasteiger partial charge in [0.15, 0.2) is 0 Å². The van der Waals surface area contributed by atoms with Crippen LogP contribution < -0.4 is 10.4 Å². The van der Waals surface area contributed by atoms with Gasteiger partial charge in [0, 0.05) is 0 Å². The molecule has 0 saturated carbocycles. The smallest absolute Gasteiger partial charge is 0.285 e. The number of hydrogen-bond acceptors (Lipinski definition) is 2. The van der Waals surface area contributed by atoms with Crippen LogP contribution >= 0.6 is 77.2 Å². The van der Waals surface area contributed by atoms with E-state index in [1.165, 1.54) is 9.34 Å². The van der Waals surface area contributed by atoms with Gasteiger partial charge in [-0.05, 0) is 28.2 Å². The monoisotopic (exact) mass is 440 g/mol. The molecule has 0 aliphatic heterocycles. The fraction of sp³-hybridized carbons (Fsp3) is 0.875. The van der Waals surface area contributed by atoms with E-state index >= 15 is 0 Å². The van der Waals surface area contributed by atoms with Gasteiger partial charge in [-0.1, -0.05) is 69.6 Å². The molecule has 0 rings (SSSR count). The minimum atomic E-state index is -3.30. The maximum absolute atomic E-state index is 12.8. The molecule has 0 aromatic heterocycles. The molecule has 126 valence electrons. The Labute approximate surface area is 153 Å². The summed E-state index contributed by atoms with van der Waals surface area (Å²) in [6, 6.07) is 0. The summed E-state index contributed by atoms with van der Waals surface area (Å²) >= 11 is 33.7. The van der Waals surface area contributed by atoms with E-state index in [-0.39, 0.29) is 0 Å². The van der Waals surface area contributed by atoms with Crippen LogP contribution in [0.15, 0.2) is 0 Å². The van der Waals surface area contributed by atoms with Crippen LogP contribution in [0.1, 0.15) is 0 Å². The summed E-state index contributed by atoms with van der Waals surface area (Å²) in [5, 5.41) is 4.77. The van der Waals surface area contributed by atoms with E-state index in [4.69, 9.17) is 69.6 Å². The van der Waals surface area contributed by atoms with Crippen LogP contribution in [-0.2, 0) is 9.36 Å². The molecule has 0 aromatic rings. The Balaban J connectivity index is 5.39. The summed E-state index contributed by atoms with van der Waals surface area (Å²) in [7, 11) is 2.92. The topological polar surface area (TPSA) is 64.7 Å². The highest BCUT2D eigenvalue weighted by Crippen LogP contribution is 2.47. The molecule has 0 aliphatic carbocycles. The van der Waals surface area contributed by atoms with Crippen molar-refractivity contribution in [2.75, 3.05) is 28.2 Å². The van der Waals surface area contributed by atoms with Crippen molar-refractivity contribution in [2.24, 2.45) is 0 Å². The van der Waals surface area contributed by atoms with Crippen LogP contribution in [-0.4, -0.2) is 57.2 Å². The molecule has 0 aliphatic rings. The minimum Gasteiger partial charge on any atom is -0.333 e. The van der Waals surface area contributed by atoms with Gasteiger partial charge < -0.3 is 5.32 Å². The highest BCUT2D eigenvalue weighted by Gasteiger charge is 2.43. The van der Waals surface area contributed by atoms with Crippen LogP contribution in [0.5, 0.6) is 0 Å². The largest absolute Gasteiger partial charge is 0.333 e. The molecule has 13 heteroatoms. The van der Waals surface area contributed by atoms with Crippen molar-refractivity contribution in [3.05, 3.63) is 0 Å². The predicted molar refractivity (Wildman–Crippen MR) is 90.6 cm³/mol. The second-order valence-corrected chi connectivity index (χ2v) is 11.9. The number of carbonyl (C=O) groups excluding carboxylic acids is 1. The summed E-state index contributed by atoms with van der Waals surface area (Å²) in [5.41, 5.74) is 0. The van der Waals surface area contributed by atoms with Crippen molar-refractivity contribution in [3.63, 3.8) is 0 Å². The number of amides is 1. The fourth-order valence-corrected chi connectivity index (χ4v) is 3.65. The van der Waals surface area contributed by atoms with Crippen molar-refractivity contribution < 1.29 is 9.36 Å². The zero-order valence-corrected chi connectivity index (χ0v) is 16.9. The number of halogens is 6. The number of carbonyl (C=O) groups is 1. The molecule has 0 heterocycles. The summed E-state index contributed by atoms with van der Waals surface area (Å²) < 4.78 is 11.3. The summed E-state index contributed by atoms with van der Waals surface area (Å²) in [6.07, 6.45) is -1.36. The highest BCUT2D eigenvalue weighted by molar-refractivity contribution is 7.56. The zero-order chi connectivity index (χ0) is 17.2. The molecule has 0 radical (unpaired) electrons. The van der Waals surface area contributed by atoms with Gasteiger partial charge in [0.1, 0.15) is 6.17 Å². The summed E-state index contributed by atoms with van der Waals surface area (Å²) in [6.45, 7) is 0. The van der Waals surface area contributed by atoms with Crippen molar-refractivity contribution >= 4 is 83.1 Å². The lowest BCUT2D eigenvalue weighted by Gasteiger charge is -2.37. The molecule has 1 atom stereocenters. The zero-order valence-electron chi connectivity index (χ0n) is 11.5. The summed E-state index contributed by atoms with van der Waals surface area (Å²) in [5.74, 6) is -1.03. The van der Waals surface area contributed by atoms with Gasteiger partial charge >= 0.3 is 0 Å². The Morgan fingerprint density at radius 1 is 1.00 bits per heavy atom. The van der Waals surface area contributed by atoms with Gasteiger partial charge in [-0.3, -0.25) is 9.36 Å². The van der Waals surface area contributed by atoms with Gasteiger partial charge in [0.25, 0.3) is 17.3 Å². The molecule has 0 fully saturated rings. The Morgan fingerprint density at radius 2 is 1.38 bits per heavy atom. The second kappa shape index (κ2) is 7.93. The van der Waals surface area contributed by atoms with E-state index in [0.29, 0.717) is 0 Å². The van der Waals surface area contributed by atoms with Gasteiger partial charge in [0.2, 0.25) is 3.79 Å². The molecule has 0 bridgehead atoms. The molecule has 0 aromatic carbocycles. The molecular formula is C8H15Cl6N4O2P. The highest BCUT2D eigenvalue weighted by atomic mass is 35.6. The molecule has 1 amide bonds. The third kappa shape index (κ3) is 6.76. The van der Waals surface area contributed by atoms with Gasteiger partial charge in [-0.25, -0.2) is 14.4 Å². The first kappa shape index (κ1) is 22.3. The first-order valence-electron chi connectivity index (χ1n) is 5.30. The molecule has 6 nitrogen and oxygen atoms in total. The maximum Gasteiger partial charge on any atom is 0.285 e. The Hall–Kier alpha value is 1.32. The van der Waals surface area contributed by atoms with Gasteiger partial charge in [0.05, 0.1) is 0 Å². The number of hydrogen-bond donors (Lipinski definition) is 2. The van der Waals surface area contributed by atoms with E-state index in [9.17, 15) is 9.36 Å². The van der Waals surface area contributed by atoms with E-state index in [1.54, 1.807) is 28.2 Å². The van der Waals surface area contributed by atoms with Crippen LogP contribution in [0.25, 0.3) is 0 Å². The van der Waals surface area contributed by atoms with E-state index in [1.807, 2.05) is 0 Å². The van der Waals surface area contributed by atoms with E-state index in [2.05, 4.69) is 10.4 Å². The minimum absolute atomic E-state index is 1.03. The quantitative estimate of drug-likeness (QED) is 0.389. The average molecular weight is 443 g/mol. The first-order valence-corrected chi connectivity index (χ1v) is 9.18. The second-order valence-electron chi connectivity index (χ2n) is 4.31. The normalized spacial score (nSPS) is 15.4. The third-order valence-corrected chi connectivity index (χ3v) is 6.17. The van der Waals surface area contributed by atoms with Crippen molar-refractivity contribution in [1.82, 2.24) is 19.7 Å². The lowest BCUT2D eigenvalue weighted by atomic mass is 10.5. The van der Waals surface area contributed by atoms with Crippen molar-refractivity contribution in [3.8, 4) is 0 Å². The fourth-order valence-electron chi connectivity index (χ4n) is 1.16. The molecule has 1 unspecified atom stereocenters. The summed E-state index contributed by atoms with van der Waals surface area (Å²) in [4.78, 5) is 11.7. The standard InChI is InChI=1S/C8H15Cl6N4O2P/c1-17(2)21(20,18(3)4)16-5(7(9,10)11)15-6(19)8(12,13)14/h5H,1-4H3,(H,15,19)(H,16,20). The van der Waals surface area contributed by atoms with E-state index < -0.39 is 27.3 Å². The SMILES string of the molecule is CN(C)P(=O)(NC(NC(=O)C(Cl)(Cl)Cl)C(Cl)(Cl)Cl)N(C)C. The Kier molecular flexibility index (Phi) is 8.43. The maximum atomic E-state index is 12.8. The van der Waals surface area contributed by atoms with Crippen LogP contribution in [0.2, 0.25) is 0 Å². The lowest BCUT2D eigenvalue weighted by Crippen LogP contribution is -2.56.